The van der Waals surface area contributed by atoms with E-state index in [1.54, 1.807) is 19.1 Å². The number of nitrogens with zero attached hydrogens (tertiary/aromatic N) is 4. The van der Waals surface area contributed by atoms with Gasteiger partial charge in [0.25, 0.3) is 0 Å². The van der Waals surface area contributed by atoms with E-state index < -0.39 is 62.5 Å². The largest absolute Gasteiger partial charge is 0.508 e. The van der Waals surface area contributed by atoms with E-state index in [9.17, 15) is 44.5 Å². The monoisotopic (exact) mass is 628 g/mol. The molecule has 1 heterocycles. The Balaban J connectivity index is 1.50. The van der Waals surface area contributed by atoms with E-state index in [-0.39, 0.29) is 58.2 Å². The third-order valence-electron chi connectivity index (χ3n) is 9.25. The highest BCUT2D eigenvalue weighted by Gasteiger charge is 2.57. The number of ether oxygens (including phenoxy) is 1. The SMILES string of the molecule is COc1cc(O)ccc1C1C2=CCC3C(=O)N(c4cc([N+](=O)[O-])c(N(C)C)c([N+](=O)[O-])c4)C(=O)C3C2CC2=C1C(=O)C(C)=CC2=O. The predicted molar refractivity (Wildman–Crippen MR) is 163 cm³/mol. The summed E-state index contributed by atoms with van der Waals surface area (Å²) in [6.45, 7) is 1.55. The molecule has 6 rings (SSSR count). The number of nitro benzene ring substituents is 2. The van der Waals surface area contributed by atoms with Crippen LogP contribution in [0, 0.1) is 38.0 Å². The number of anilines is 2. The third-order valence-corrected chi connectivity index (χ3v) is 9.25. The summed E-state index contributed by atoms with van der Waals surface area (Å²) in [5.41, 5.74) is -0.0760. The van der Waals surface area contributed by atoms with Crippen LogP contribution in [0.5, 0.6) is 11.5 Å². The number of ketones is 2. The van der Waals surface area contributed by atoms with Crippen LogP contribution in [0.2, 0.25) is 0 Å². The van der Waals surface area contributed by atoms with Gasteiger partial charge in [0.05, 0.1) is 34.5 Å². The minimum atomic E-state index is -1.02. The van der Waals surface area contributed by atoms with Gasteiger partial charge in [-0.25, -0.2) is 4.90 Å². The number of phenols is 1. The molecule has 2 aromatic rings. The number of amides is 2. The Kier molecular flexibility index (Phi) is 7.10. The molecule has 3 aliphatic carbocycles. The van der Waals surface area contributed by atoms with Crippen LogP contribution in [-0.2, 0) is 19.2 Å². The van der Waals surface area contributed by atoms with Crippen LogP contribution in [0.25, 0.3) is 0 Å². The number of fused-ring (bicyclic) bond motifs is 3. The van der Waals surface area contributed by atoms with Gasteiger partial charge < -0.3 is 14.7 Å². The molecule has 2 amide bonds. The molecule has 2 aromatic carbocycles. The maximum atomic E-state index is 14.2. The molecule has 4 atom stereocenters. The van der Waals surface area contributed by atoms with E-state index in [2.05, 4.69) is 0 Å². The van der Waals surface area contributed by atoms with Crippen molar-refractivity contribution in [2.45, 2.75) is 25.7 Å². The predicted octanol–water partition coefficient (Wildman–Crippen LogP) is 3.92. The fourth-order valence-corrected chi connectivity index (χ4v) is 7.36. The molecule has 14 nitrogen and oxygen atoms in total. The van der Waals surface area contributed by atoms with Crippen molar-refractivity contribution >= 4 is 46.1 Å². The second kappa shape index (κ2) is 10.8. The number of rotatable bonds is 6. The van der Waals surface area contributed by atoms with E-state index in [0.29, 0.717) is 11.1 Å². The van der Waals surface area contributed by atoms with Crippen molar-refractivity contribution in [2.75, 3.05) is 31.0 Å². The summed E-state index contributed by atoms with van der Waals surface area (Å²) < 4.78 is 5.55. The number of phenolic OH excluding ortho intramolecular Hbond substituents is 1. The van der Waals surface area contributed by atoms with E-state index in [1.807, 2.05) is 0 Å². The van der Waals surface area contributed by atoms with Crippen LogP contribution in [0.4, 0.5) is 22.7 Å². The lowest BCUT2D eigenvalue weighted by Crippen LogP contribution is -2.40. The maximum Gasteiger partial charge on any atom is 0.301 e. The van der Waals surface area contributed by atoms with Gasteiger partial charge in [-0.05, 0) is 37.8 Å². The van der Waals surface area contributed by atoms with E-state index in [0.717, 1.165) is 17.0 Å². The number of Topliss-reactive ketones (excluding diaryl/α,β-unsaturated/α-hetero) is 1. The summed E-state index contributed by atoms with van der Waals surface area (Å²) in [5.74, 6) is -5.44. The number of hydrogen-bond donors (Lipinski definition) is 1. The van der Waals surface area contributed by atoms with Crippen LogP contribution in [0.3, 0.4) is 0 Å². The number of carbonyl (C=O) groups excluding carboxylic acids is 4. The molecule has 0 saturated carbocycles. The number of methoxy groups -OCH3 is 1. The highest BCUT2D eigenvalue weighted by atomic mass is 16.6. The molecule has 1 N–H and O–H groups in total. The van der Waals surface area contributed by atoms with E-state index in [4.69, 9.17) is 4.74 Å². The lowest BCUT2D eigenvalue weighted by atomic mass is 9.59. The number of nitro groups is 2. The number of hydrogen-bond acceptors (Lipinski definition) is 11. The number of imide groups is 1. The van der Waals surface area contributed by atoms with Gasteiger partial charge >= 0.3 is 11.4 Å². The Bertz CT molecular complexity index is 1870. The Labute approximate surface area is 261 Å². The first-order chi connectivity index (χ1) is 21.8. The fraction of sp³-hybridized carbons (Fsp3) is 0.312. The first-order valence-corrected chi connectivity index (χ1v) is 14.4. The molecule has 4 unspecified atom stereocenters. The molecule has 46 heavy (non-hydrogen) atoms. The van der Waals surface area contributed by atoms with Gasteiger partial charge in [0.1, 0.15) is 11.5 Å². The summed E-state index contributed by atoms with van der Waals surface area (Å²) in [7, 11) is 4.21. The van der Waals surface area contributed by atoms with Gasteiger partial charge in [0.15, 0.2) is 17.3 Å². The smallest absolute Gasteiger partial charge is 0.301 e. The van der Waals surface area contributed by atoms with Gasteiger partial charge in [-0.15, -0.1) is 0 Å². The van der Waals surface area contributed by atoms with Crippen molar-refractivity contribution < 1.29 is 38.9 Å². The molecule has 14 heteroatoms. The van der Waals surface area contributed by atoms with Gasteiger partial charge in [0, 0.05) is 60.5 Å². The highest BCUT2D eigenvalue weighted by molar-refractivity contribution is 6.25. The molecular weight excluding hydrogens is 600 g/mol. The normalized spacial score (nSPS) is 23.8. The summed E-state index contributed by atoms with van der Waals surface area (Å²) in [6, 6.07) is 6.35. The van der Waals surface area contributed by atoms with Crippen molar-refractivity contribution in [3.05, 3.63) is 90.6 Å². The molecule has 1 fully saturated rings. The Morgan fingerprint density at radius 1 is 0.978 bits per heavy atom. The Morgan fingerprint density at radius 2 is 1.63 bits per heavy atom. The molecule has 0 spiro atoms. The van der Waals surface area contributed by atoms with Crippen molar-refractivity contribution in [1.82, 2.24) is 0 Å². The molecule has 1 saturated heterocycles. The van der Waals surface area contributed by atoms with Crippen LogP contribution < -0.4 is 14.5 Å². The highest BCUT2D eigenvalue weighted by Crippen LogP contribution is 2.57. The molecule has 0 aromatic heterocycles. The van der Waals surface area contributed by atoms with Gasteiger partial charge in [-0.1, -0.05) is 17.7 Å². The average molecular weight is 629 g/mol. The first-order valence-electron chi connectivity index (χ1n) is 14.4. The summed E-state index contributed by atoms with van der Waals surface area (Å²) in [4.78, 5) is 79.5. The number of carbonyl (C=O) groups is 4. The van der Waals surface area contributed by atoms with Crippen LogP contribution in [0.1, 0.15) is 31.2 Å². The third kappa shape index (κ3) is 4.39. The van der Waals surface area contributed by atoms with Crippen molar-refractivity contribution in [3.63, 3.8) is 0 Å². The topological polar surface area (TPSA) is 190 Å². The van der Waals surface area contributed by atoms with Crippen molar-refractivity contribution in [2.24, 2.45) is 17.8 Å². The fourth-order valence-electron chi connectivity index (χ4n) is 7.36. The maximum absolute atomic E-state index is 14.2. The molecule has 0 bridgehead atoms. The summed E-state index contributed by atoms with van der Waals surface area (Å²) >= 11 is 0. The lowest BCUT2D eigenvalue weighted by Gasteiger charge is -2.42. The second-order valence-electron chi connectivity index (χ2n) is 11.9. The van der Waals surface area contributed by atoms with Crippen LogP contribution >= 0.6 is 0 Å². The zero-order valence-electron chi connectivity index (χ0n) is 25.2. The number of benzene rings is 2. The average Bonchev–Trinajstić information content (AvgIpc) is 3.27. The Hall–Kier alpha value is -5.66. The quantitative estimate of drug-likeness (QED) is 0.160. The first kappa shape index (κ1) is 30.4. The van der Waals surface area contributed by atoms with E-state index >= 15 is 0 Å². The van der Waals surface area contributed by atoms with Gasteiger partial charge in [0.2, 0.25) is 11.8 Å². The molecule has 4 aliphatic rings. The molecular formula is C32H28N4O10. The van der Waals surface area contributed by atoms with Crippen LogP contribution in [-0.4, -0.2) is 59.5 Å². The van der Waals surface area contributed by atoms with Crippen molar-refractivity contribution in [1.29, 1.82) is 0 Å². The molecule has 0 radical (unpaired) electrons. The molecule has 236 valence electrons. The van der Waals surface area contributed by atoms with Gasteiger partial charge in [-0.2, -0.15) is 0 Å². The zero-order valence-corrected chi connectivity index (χ0v) is 25.2. The summed E-state index contributed by atoms with van der Waals surface area (Å²) in [5, 5.41) is 34.1. The number of aromatic hydroxyl groups is 1. The van der Waals surface area contributed by atoms with Crippen molar-refractivity contribution in [3.8, 4) is 11.5 Å². The number of allylic oxidation sites excluding steroid dienone is 6. The molecule has 1 aliphatic heterocycles. The lowest BCUT2D eigenvalue weighted by molar-refractivity contribution is -0.392. The van der Waals surface area contributed by atoms with Gasteiger partial charge in [-0.3, -0.25) is 39.4 Å². The van der Waals surface area contributed by atoms with E-state index in [1.165, 1.54) is 44.3 Å². The standard InChI is InChI=1S/C32H28N4O10/c1-14-9-24(38)21-13-20-17(26(28(21)30(14)39)18-6-5-16(37)12-25(18)46-4)7-8-19-27(20)32(41)34(31(19)40)15-10-22(35(42)43)29(33(2)3)23(11-15)36(44)45/h5-7,9-12,19-20,26-27,37H,8,13H2,1-4H3. The Morgan fingerprint density at radius 3 is 2.22 bits per heavy atom. The minimum Gasteiger partial charge on any atom is -0.508 e. The second-order valence-corrected chi connectivity index (χ2v) is 11.9. The summed E-state index contributed by atoms with van der Waals surface area (Å²) in [6.07, 6.45) is 3.10. The zero-order chi connectivity index (χ0) is 33.4. The minimum absolute atomic E-state index is 0.0136. The van der Waals surface area contributed by atoms with Crippen LogP contribution in [0.15, 0.2) is 64.8 Å².